The van der Waals surface area contributed by atoms with Crippen LogP contribution in [0, 0.1) is 0 Å². The zero-order valence-corrected chi connectivity index (χ0v) is 12.1. The number of para-hydroxylation sites is 1. The zero-order valence-electron chi connectivity index (χ0n) is 12.1. The Bertz CT molecular complexity index is 723. The Hall–Kier alpha value is -2.14. The molecule has 2 heterocycles. The Morgan fingerprint density at radius 3 is 2.81 bits per heavy atom. The molecule has 0 bridgehead atoms. The van der Waals surface area contributed by atoms with Crippen molar-refractivity contribution in [1.82, 2.24) is 14.8 Å². The Balaban J connectivity index is 1.99. The number of likely N-dealkylation sites (N-methyl/N-ethyl adjacent to an activating group) is 1. The SMILES string of the molecule is CN1CCCN(C(=O)c2cc(=O)[nH]c3ccccc23)CC1. The minimum atomic E-state index is -0.232. The number of nitrogens with one attached hydrogen (secondary N) is 1. The van der Waals surface area contributed by atoms with Crippen LogP contribution in [0.15, 0.2) is 35.1 Å². The van der Waals surface area contributed by atoms with Crippen LogP contribution in [0.4, 0.5) is 0 Å². The van der Waals surface area contributed by atoms with Crippen molar-refractivity contribution >= 4 is 16.8 Å². The molecule has 0 saturated carbocycles. The van der Waals surface area contributed by atoms with Crippen LogP contribution in [0.3, 0.4) is 0 Å². The number of carbonyl (C=O) groups is 1. The number of pyridine rings is 1. The molecule has 2 aromatic rings. The molecule has 1 aromatic heterocycles. The Kier molecular flexibility index (Phi) is 3.75. The summed E-state index contributed by atoms with van der Waals surface area (Å²) < 4.78 is 0. The number of aromatic amines is 1. The highest BCUT2D eigenvalue weighted by molar-refractivity contribution is 6.05. The van der Waals surface area contributed by atoms with Gasteiger partial charge in [-0.05, 0) is 26.1 Å². The maximum Gasteiger partial charge on any atom is 0.254 e. The summed E-state index contributed by atoms with van der Waals surface area (Å²) in [5, 5.41) is 0.805. The number of amides is 1. The van der Waals surface area contributed by atoms with E-state index in [0.717, 1.165) is 31.4 Å². The monoisotopic (exact) mass is 285 g/mol. The first kappa shape index (κ1) is 13.8. The summed E-state index contributed by atoms with van der Waals surface area (Å²) in [5.74, 6) is -0.0485. The number of fused-ring (bicyclic) bond motifs is 1. The first-order chi connectivity index (χ1) is 10.1. The summed E-state index contributed by atoms with van der Waals surface area (Å²) in [6.45, 7) is 3.31. The van der Waals surface area contributed by atoms with Crippen LogP contribution in [0.5, 0.6) is 0 Å². The summed E-state index contributed by atoms with van der Waals surface area (Å²) >= 11 is 0. The van der Waals surface area contributed by atoms with Crippen molar-refractivity contribution in [1.29, 1.82) is 0 Å². The minimum Gasteiger partial charge on any atom is -0.337 e. The maximum atomic E-state index is 12.8. The van der Waals surface area contributed by atoms with Crippen molar-refractivity contribution in [3.63, 3.8) is 0 Å². The lowest BCUT2D eigenvalue weighted by Gasteiger charge is -2.21. The van der Waals surface area contributed by atoms with Crippen molar-refractivity contribution in [3.05, 3.63) is 46.2 Å². The lowest BCUT2D eigenvalue weighted by molar-refractivity contribution is 0.0764. The maximum absolute atomic E-state index is 12.8. The Labute approximate surface area is 123 Å². The van der Waals surface area contributed by atoms with Gasteiger partial charge in [0, 0.05) is 36.6 Å². The van der Waals surface area contributed by atoms with E-state index in [2.05, 4.69) is 16.9 Å². The number of carbonyl (C=O) groups excluding carboxylic acids is 1. The van der Waals surface area contributed by atoms with Crippen LogP contribution in [0.1, 0.15) is 16.8 Å². The molecule has 110 valence electrons. The van der Waals surface area contributed by atoms with E-state index in [9.17, 15) is 9.59 Å². The third-order valence-electron chi connectivity index (χ3n) is 3.99. The van der Waals surface area contributed by atoms with Crippen LogP contribution in [-0.4, -0.2) is 53.9 Å². The second kappa shape index (κ2) is 5.69. The number of aromatic nitrogens is 1. The van der Waals surface area contributed by atoms with Crippen molar-refractivity contribution in [2.75, 3.05) is 33.2 Å². The normalized spacial score (nSPS) is 16.9. The van der Waals surface area contributed by atoms with E-state index in [0.29, 0.717) is 17.6 Å². The Morgan fingerprint density at radius 1 is 1.14 bits per heavy atom. The van der Waals surface area contributed by atoms with Gasteiger partial charge in [-0.15, -0.1) is 0 Å². The van der Waals surface area contributed by atoms with E-state index in [1.807, 2.05) is 29.2 Å². The molecular formula is C16H19N3O2. The fourth-order valence-electron chi connectivity index (χ4n) is 2.80. The summed E-state index contributed by atoms with van der Waals surface area (Å²) in [6.07, 6.45) is 0.962. The number of nitrogens with zero attached hydrogens (tertiary/aromatic N) is 2. The molecule has 0 radical (unpaired) electrons. The van der Waals surface area contributed by atoms with Crippen molar-refractivity contribution in [3.8, 4) is 0 Å². The summed E-state index contributed by atoms with van der Waals surface area (Å²) in [7, 11) is 2.07. The topological polar surface area (TPSA) is 56.4 Å². The van der Waals surface area contributed by atoms with E-state index in [1.165, 1.54) is 6.07 Å². The second-order valence-corrected chi connectivity index (χ2v) is 5.54. The van der Waals surface area contributed by atoms with Crippen LogP contribution in [0.2, 0.25) is 0 Å². The molecule has 1 aromatic carbocycles. The van der Waals surface area contributed by atoms with Gasteiger partial charge in [-0.2, -0.15) is 0 Å². The van der Waals surface area contributed by atoms with Gasteiger partial charge in [0.1, 0.15) is 0 Å². The summed E-state index contributed by atoms with van der Waals surface area (Å²) in [6, 6.07) is 8.85. The van der Waals surface area contributed by atoms with E-state index in [1.54, 1.807) is 0 Å². The lowest BCUT2D eigenvalue weighted by atomic mass is 10.1. The van der Waals surface area contributed by atoms with E-state index >= 15 is 0 Å². The molecule has 5 heteroatoms. The molecule has 0 spiro atoms. The predicted octanol–water partition coefficient (Wildman–Crippen LogP) is 1.31. The van der Waals surface area contributed by atoms with Gasteiger partial charge in [-0.25, -0.2) is 0 Å². The predicted molar refractivity (Wildman–Crippen MR) is 82.6 cm³/mol. The van der Waals surface area contributed by atoms with Crippen LogP contribution < -0.4 is 5.56 Å². The van der Waals surface area contributed by atoms with Gasteiger partial charge >= 0.3 is 0 Å². The molecule has 1 aliphatic heterocycles. The van der Waals surface area contributed by atoms with Gasteiger partial charge in [-0.3, -0.25) is 9.59 Å². The fourth-order valence-corrected chi connectivity index (χ4v) is 2.80. The smallest absolute Gasteiger partial charge is 0.254 e. The quantitative estimate of drug-likeness (QED) is 0.859. The van der Waals surface area contributed by atoms with Crippen molar-refractivity contribution in [2.45, 2.75) is 6.42 Å². The molecule has 1 amide bonds. The highest BCUT2D eigenvalue weighted by atomic mass is 16.2. The van der Waals surface area contributed by atoms with E-state index in [-0.39, 0.29) is 11.5 Å². The van der Waals surface area contributed by atoms with Crippen LogP contribution >= 0.6 is 0 Å². The summed E-state index contributed by atoms with van der Waals surface area (Å²) in [5.41, 5.74) is 0.975. The number of H-pyrrole nitrogens is 1. The average Bonchev–Trinajstić information content (AvgIpc) is 2.70. The third-order valence-corrected chi connectivity index (χ3v) is 3.99. The largest absolute Gasteiger partial charge is 0.337 e. The average molecular weight is 285 g/mol. The van der Waals surface area contributed by atoms with Gasteiger partial charge in [0.25, 0.3) is 5.91 Å². The molecule has 1 saturated heterocycles. The van der Waals surface area contributed by atoms with E-state index < -0.39 is 0 Å². The van der Waals surface area contributed by atoms with Crippen molar-refractivity contribution < 1.29 is 4.79 Å². The molecule has 1 N–H and O–H groups in total. The zero-order chi connectivity index (χ0) is 14.8. The van der Waals surface area contributed by atoms with Gasteiger partial charge in [0.15, 0.2) is 0 Å². The second-order valence-electron chi connectivity index (χ2n) is 5.54. The molecule has 21 heavy (non-hydrogen) atoms. The molecule has 1 aliphatic rings. The first-order valence-corrected chi connectivity index (χ1v) is 7.25. The molecule has 0 aliphatic carbocycles. The number of benzene rings is 1. The summed E-state index contributed by atoms with van der Waals surface area (Å²) in [4.78, 5) is 31.4. The highest BCUT2D eigenvalue weighted by Gasteiger charge is 2.21. The number of rotatable bonds is 1. The van der Waals surface area contributed by atoms with E-state index in [4.69, 9.17) is 0 Å². The fraction of sp³-hybridized carbons (Fsp3) is 0.375. The van der Waals surface area contributed by atoms with Crippen molar-refractivity contribution in [2.24, 2.45) is 0 Å². The number of hydrogen-bond acceptors (Lipinski definition) is 3. The van der Waals surface area contributed by atoms with Gasteiger partial charge in [0.2, 0.25) is 5.56 Å². The molecule has 3 rings (SSSR count). The van der Waals surface area contributed by atoms with Gasteiger partial charge < -0.3 is 14.8 Å². The third kappa shape index (κ3) is 2.83. The lowest BCUT2D eigenvalue weighted by Crippen LogP contribution is -2.35. The Morgan fingerprint density at radius 2 is 1.95 bits per heavy atom. The van der Waals surface area contributed by atoms with Crippen LogP contribution in [-0.2, 0) is 0 Å². The number of hydrogen-bond donors (Lipinski definition) is 1. The van der Waals surface area contributed by atoms with Gasteiger partial charge in [-0.1, -0.05) is 18.2 Å². The first-order valence-electron chi connectivity index (χ1n) is 7.25. The molecule has 1 fully saturated rings. The molecule has 0 unspecified atom stereocenters. The molecular weight excluding hydrogens is 266 g/mol. The highest BCUT2D eigenvalue weighted by Crippen LogP contribution is 2.17. The van der Waals surface area contributed by atoms with Gasteiger partial charge in [0.05, 0.1) is 5.56 Å². The molecule has 5 nitrogen and oxygen atoms in total. The van der Waals surface area contributed by atoms with Crippen LogP contribution in [0.25, 0.3) is 10.9 Å². The minimum absolute atomic E-state index is 0.0485. The standard InChI is InChI=1S/C16H19N3O2/c1-18-7-4-8-19(10-9-18)16(21)13-11-15(20)17-14-6-3-2-5-12(13)14/h2-3,5-6,11H,4,7-10H2,1H3,(H,17,20). The molecule has 0 atom stereocenters.